The van der Waals surface area contributed by atoms with Gasteiger partial charge in [0.1, 0.15) is 17.8 Å². The summed E-state index contributed by atoms with van der Waals surface area (Å²) in [4.78, 5) is 13.9. The van der Waals surface area contributed by atoms with Crippen LogP contribution in [0, 0.1) is 0 Å². The highest BCUT2D eigenvalue weighted by atomic mass is 16.5. The van der Waals surface area contributed by atoms with Crippen LogP contribution in [0.2, 0.25) is 0 Å². The molecule has 0 spiro atoms. The fourth-order valence-corrected chi connectivity index (χ4v) is 1.98. The zero-order valence-electron chi connectivity index (χ0n) is 11.6. The number of para-hydroxylation sites is 1. The molecule has 0 atom stereocenters. The Balaban J connectivity index is 2.11. The van der Waals surface area contributed by atoms with Crippen LogP contribution in [0.25, 0.3) is 0 Å². The van der Waals surface area contributed by atoms with E-state index in [4.69, 9.17) is 14.9 Å². The lowest BCUT2D eigenvalue weighted by atomic mass is 10.2. The first-order chi connectivity index (χ1) is 9.65. The minimum absolute atomic E-state index is 0.112. The molecule has 2 aromatic rings. The maximum Gasteiger partial charge on any atom is 0.257 e. The summed E-state index contributed by atoms with van der Waals surface area (Å²) >= 11 is 0. The van der Waals surface area contributed by atoms with E-state index in [0.717, 1.165) is 11.3 Å². The molecule has 0 aliphatic rings. The molecule has 106 valence electrons. The van der Waals surface area contributed by atoms with Crippen molar-refractivity contribution in [2.75, 3.05) is 14.2 Å². The van der Waals surface area contributed by atoms with E-state index >= 15 is 0 Å². The van der Waals surface area contributed by atoms with E-state index in [9.17, 15) is 4.79 Å². The molecular formula is C15H18N2O3. The van der Waals surface area contributed by atoms with E-state index in [2.05, 4.69) is 0 Å². The number of rotatable bonds is 5. The SMILES string of the molecule is COc1ccccc1CN(C)C(=O)c1coc(CN)c1. The number of furan rings is 1. The highest BCUT2D eigenvalue weighted by Crippen LogP contribution is 2.20. The summed E-state index contributed by atoms with van der Waals surface area (Å²) in [5.41, 5.74) is 6.92. The van der Waals surface area contributed by atoms with Crippen LogP contribution < -0.4 is 10.5 Å². The molecule has 1 aromatic carbocycles. The number of nitrogens with zero attached hydrogens (tertiary/aromatic N) is 1. The molecule has 1 amide bonds. The predicted molar refractivity (Wildman–Crippen MR) is 75.4 cm³/mol. The van der Waals surface area contributed by atoms with E-state index in [-0.39, 0.29) is 12.5 Å². The molecule has 0 saturated carbocycles. The summed E-state index contributed by atoms with van der Waals surface area (Å²) in [5.74, 6) is 1.25. The third kappa shape index (κ3) is 3.00. The number of amides is 1. The van der Waals surface area contributed by atoms with Crippen molar-refractivity contribution < 1.29 is 13.9 Å². The Kier molecular flexibility index (Phi) is 4.42. The van der Waals surface area contributed by atoms with Gasteiger partial charge in [0.15, 0.2) is 0 Å². The first kappa shape index (κ1) is 14.1. The normalized spacial score (nSPS) is 10.3. The molecule has 0 bridgehead atoms. The largest absolute Gasteiger partial charge is 0.496 e. The smallest absolute Gasteiger partial charge is 0.257 e. The number of methoxy groups -OCH3 is 1. The van der Waals surface area contributed by atoms with Gasteiger partial charge in [-0.1, -0.05) is 18.2 Å². The number of hydrogen-bond donors (Lipinski definition) is 1. The third-order valence-electron chi connectivity index (χ3n) is 3.05. The fourth-order valence-electron chi connectivity index (χ4n) is 1.98. The van der Waals surface area contributed by atoms with E-state index in [1.807, 2.05) is 24.3 Å². The van der Waals surface area contributed by atoms with Crippen LogP contribution in [-0.4, -0.2) is 25.0 Å². The van der Waals surface area contributed by atoms with Crippen molar-refractivity contribution in [3.63, 3.8) is 0 Å². The van der Waals surface area contributed by atoms with Crippen LogP contribution in [0.3, 0.4) is 0 Å². The fraction of sp³-hybridized carbons (Fsp3) is 0.267. The van der Waals surface area contributed by atoms with Crippen LogP contribution in [0.4, 0.5) is 0 Å². The van der Waals surface area contributed by atoms with E-state index in [1.54, 1.807) is 25.1 Å². The molecule has 0 aliphatic carbocycles. The van der Waals surface area contributed by atoms with Crippen molar-refractivity contribution in [1.29, 1.82) is 0 Å². The van der Waals surface area contributed by atoms with Crippen molar-refractivity contribution in [2.24, 2.45) is 5.73 Å². The van der Waals surface area contributed by atoms with Crippen molar-refractivity contribution >= 4 is 5.91 Å². The molecule has 1 aromatic heterocycles. The predicted octanol–water partition coefficient (Wildman–Crippen LogP) is 2.02. The zero-order chi connectivity index (χ0) is 14.5. The second-order valence-corrected chi connectivity index (χ2v) is 4.48. The van der Waals surface area contributed by atoms with Gasteiger partial charge < -0.3 is 19.8 Å². The number of benzene rings is 1. The van der Waals surface area contributed by atoms with Gasteiger partial charge in [-0.3, -0.25) is 4.79 Å². The summed E-state index contributed by atoms with van der Waals surface area (Å²) in [5, 5.41) is 0. The van der Waals surface area contributed by atoms with Crippen molar-refractivity contribution in [1.82, 2.24) is 4.90 Å². The molecule has 20 heavy (non-hydrogen) atoms. The molecule has 0 radical (unpaired) electrons. The van der Waals surface area contributed by atoms with Gasteiger partial charge in [-0.15, -0.1) is 0 Å². The highest BCUT2D eigenvalue weighted by Gasteiger charge is 2.16. The summed E-state index contributed by atoms with van der Waals surface area (Å²) in [7, 11) is 3.36. The summed E-state index contributed by atoms with van der Waals surface area (Å²) in [6.45, 7) is 0.746. The standard InChI is InChI=1S/C15H18N2O3/c1-17(9-11-5-3-4-6-14(11)19-2)15(18)12-7-13(8-16)20-10-12/h3-7,10H,8-9,16H2,1-2H3. The molecular weight excluding hydrogens is 256 g/mol. The second-order valence-electron chi connectivity index (χ2n) is 4.48. The lowest BCUT2D eigenvalue weighted by Gasteiger charge is -2.18. The van der Waals surface area contributed by atoms with Crippen LogP contribution in [0.15, 0.2) is 41.0 Å². The molecule has 2 rings (SSSR count). The number of carbonyl (C=O) groups is 1. The van der Waals surface area contributed by atoms with E-state index in [0.29, 0.717) is 17.9 Å². The maximum atomic E-state index is 12.3. The lowest BCUT2D eigenvalue weighted by molar-refractivity contribution is 0.0783. The molecule has 0 aliphatic heterocycles. The van der Waals surface area contributed by atoms with Gasteiger partial charge in [-0.2, -0.15) is 0 Å². The molecule has 0 fully saturated rings. The van der Waals surface area contributed by atoms with Gasteiger partial charge in [-0.05, 0) is 12.1 Å². The van der Waals surface area contributed by atoms with Gasteiger partial charge in [-0.25, -0.2) is 0 Å². The number of ether oxygens (including phenoxy) is 1. The molecule has 1 heterocycles. The van der Waals surface area contributed by atoms with Crippen molar-refractivity contribution in [2.45, 2.75) is 13.1 Å². The van der Waals surface area contributed by atoms with Gasteiger partial charge in [0.2, 0.25) is 0 Å². The minimum Gasteiger partial charge on any atom is -0.496 e. The van der Waals surface area contributed by atoms with Crippen LogP contribution in [0.5, 0.6) is 5.75 Å². The number of carbonyl (C=O) groups excluding carboxylic acids is 1. The summed E-state index contributed by atoms with van der Waals surface area (Å²) < 4.78 is 10.5. The molecule has 5 heteroatoms. The van der Waals surface area contributed by atoms with E-state index in [1.165, 1.54) is 6.26 Å². The minimum atomic E-state index is -0.112. The average Bonchev–Trinajstić information content (AvgIpc) is 2.95. The Hall–Kier alpha value is -2.27. The second kappa shape index (κ2) is 6.25. The summed E-state index contributed by atoms with van der Waals surface area (Å²) in [6, 6.07) is 9.29. The zero-order valence-corrected chi connectivity index (χ0v) is 11.6. The van der Waals surface area contributed by atoms with Crippen molar-refractivity contribution in [3.8, 4) is 5.75 Å². The third-order valence-corrected chi connectivity index (χ3v) is 3.05. The quantitative estimate of drug-likeness (QED) is 0.905. The lowest BCUT2D eigenvalue weighted by Crippen LogP contribution is -2.26. The molecule has 2 N–H and O–H groups in total. The van der Waals surface area contributed by atoms with E-state index < -0.39 is 0 Å². The van der Waals surface area contributed by atoms with Gasteiger partial charge in [0.05, 0.1) is 19.2 Å². The number of nitrogens with two attached hydrogens (primary N) is 1. The topological polar surface area (TPSA) is 68.7 Å². The summed E-state index contributed by atoms with van der Waals surface area (Å²) in [6.07, 6.45) is 1.43. The Morgan fingerprint density at radius 3 is 2.80 bits per heavy atom. The van der Waals surface area contributed by atoms with Gasteiger partial charge in [0.25, 0.3) is 5.91 Å². The van der Waals surface area contributed by atoms with Crippen LogP contribution in [0.1, 0.15) is 21.7 Å². The molecule has 0 saturated heterocycles. The Labute approximate surface area is 117 Å². The van der Waals surface area contributed by atoms with Crippen LogP contribution in [-0.2, 0) is 13.1 Å². The van der Waals surface area contributed by atoms with Crippen LogP contribution >= 0.6 is 0 Å². The monoisotopic (exact) mass is 274 g/mol. The molecule has 0 unspecified atom stereocenters. The van der Waals surface area contributed by atoms with Crippen molar-refractivity contribution in [3.05, 3.63) is 53.5 Å². The first-order valence-corrected chi connectivity index (χ1v) is 6.30. The van der Waals surface area contributed by atoms with Gasteiger partial charge in [0, 0.05) is 19.2 Å². The molecule has 5 nitrogen and oxygen atoms in total. The number of hydrogen-bond acceptors (Lipinski definition) is 4. The Morgan fingerprint density at radius 1 is 1.40 bits per heavy atom. The Morgan fingerprint density at radius 2 is 2.15 bits per heavy atom. The average molecular weight is 274 g/mol. The van der Waals surface area contributed by atoms with Gasteiger partial charge >= 0.3 is 0 Å². The highest BCUT2D eigenvalue weighted by molar-refractivity contribution is 5.93. The maximum absolute atomic E-state index is 12.3. The Bertz CT molecular complexity index is 592. The first-order valence-electron chi connectivity index (χ1n) is 6.30.